The third-order valence-corrected chi connectivity index (χ3v) is 3.75. The van der Waals surface area contributed by atoms with E-state index in [1.807, 2.05) is 12.1 Å². The molecule has 2 aromatic rings. The number of rotatable bonds is 7. The lowest BCUT2D eigenvalue weighted by Crippen LogP contribution is -2.46. The van der Waals surface area contributed by atoms with E-state index < -0.39 is 29.8 Å². The predicted molar refractivity (Wildman–Crippen MR) is 91.0 cm³/mol. The summed E-state index contributed by atoms with van der Waals surface area (Å²) in [4.78, 5) is 39.6. The van der Waals surface area contributed by atoms with Crippen molar-refractivity contribution in [3.05, 3.63) is 42.1 Å². The molecule has 0 saturated carbocycles. The van der Waals surface area contributed by atoms with Crippen LogP contribution in [0.3, 0.4) is 0 Å². The smallest absolute Gasteiger partial charge is 0.326 e. The van der Waals surface area contributed by atoms with Gasteiger partial charge < -0.3 is 15.2 Å². The van der Waals surface area contributed by atoms with Crippen molar-refractivity contribution in [2.24, 2.45) is 5.92 Å². The molecule has 0 aliphatic heterocycles. The number of nitrogens with zero attached hydrogens (tertiary/aromatic N) is 1. The quantitative estimate of drug-likeness (QED) is 0.744. The zero-order valence-electron chi connectivity index (χ0n) is 14.1. The van der Waals surface area contributed by atoms with Crippen LogP contribution in [-0.4, -0.2) is 40.6 Å². The van der Waals surface area contributed by atoms with Crippen LogP contribution in [0.15, 0.2) is 36.4 Å². The van der Waals surface area contributed by atoms with Crippen LogP contribution in [0.1, 0.15) is 30.8 Å². The van der Waals surface area contributed by atoms with E-state index in [1.165, 1.54) is 6.07 Å². The number of carboxylic acid groups (broad SMARTS) is 1. The van der Waals surface area contributed by atoms with Crippen molar-refractivity contribution in [1.82, 2.24) is 10.3 Å². The molecule has 0 saturated heterocycles. The first-order valence-electron chi connectivity index (χ1n) is 7.97. The van der Waals surface area contributed by atoms with Gasteiger partial charge in [0, 0.05) is 5.39 Å². The van der Waals surface area contributed by atoms with Gasteiger partial charge in [-0.1, -0.05) is 31.2 Å². The Bertz CT molecular complexity index is 790. The predicted octanol–water partition coefficient (Wildman–Crippen LogP) is 2.01. The summed E-state index contributed by atoms with van der Waals surface area (Å²) in [5.74, 6) is -2.94. The Morgan fingerprint density at radius 3 is 2.60 bits per heavy atom. The van der Waals surface area contributed by atoms with Crippen molar-refractivity contribution in [3.8, 4) is 0 Å². The number of aliphatic carboxylic acids is 1. The van der Waals surface area contributed by atoms with Crippen molar-refractivity contribution in [2.45, 2.75) is 26.3 Å². The summed E-state index contributed by atoms with van der Waals surface area (Å²) >= 11 is 0. The Balaban J connectivity index is 2.13. The summed E-state index contributed by atoms with van der Waals surface area (Å²) in [6, 6.07) is 9.36. The molecule has 0 spiro atoms. The van der Waals surface area contributed by atoms with Gasteiger partial charge in [0.15, 0.2) is 0 Å². The molecule has 2 N–H and O–H groups in total. The number of pyridine rings is 1. The molecule has 0 radical (unpaired) electrons. The van der Waals surface area contributed by atoms with Gasteiger partial charge in [-0.3, -0.25) is 9.59 Å². The fourth-order valence-corrected chi connectivity index (χ4v) is 2.46. The number of esters is 1. The Morgan fingerprint density at radius 2 is 1.92 bits per heavy atom. The first-order chi connectivity index (χ1) is 11.9. The Hall–Kier alpha value is -2.96. The highest BCUT2D eigenvalue weighted by Crippen LogP contribution is 2.14. The van der Waals surface area contributed by atoms with E-state index in [2.05, 4.69) is 10.3 Å². The third-order valence-electron chi connectivity index (χ3n) is 3.75. The highest BCUT2D eigenvalue weighted by molar-refractivity contribution is 5.97. The van der Waals surface area contributed by atoms with Crippen LogP contribution in [0.2, 0.25) is 0 Å². The molecule has 7 nitrogen and oxygen atoms in total. The number of carbonyl (C=O) groups excluding carboxylic acids is 2. The van der Waals surface area contributed by atoms with Crippen molar-refractivity contribution < 1.29 is 24.2 Å². The van der Waals surface area contributed by atoms with Crippen molar-refractivity contribution in [3.63, 3.8) is 0 Å². The summed E-state index contributed by atoms with van der Waals surface area (Å²) in [5, 5.41) is 12.7. The van der Waals surface area contributed by atoms with E-state index in [0.717, 1.165) is 5.39 Å². The molecule has 2 atom stereocenters. The van der Waals surface area contributed by atoms with Gasteiger partial charge in [-0.25, -0.2) is 9.78 Å². The monoisotopic (exact) mass is 344 g/mol. The summed E-state index contributed by atoms with van der Waals surface area (Å²) < 4.78 is 4.82. The number of nitrogens with one attached hydrogen (secondary N) is 1. The highest BCUT2D eigenvalue weighted by atomic mass is 16.5. The van der Waals surface area contributed by atoms with E-state index >= 15 is 0 Å². The van der Waals surface area contributed by atoms with E-state index in [4.69, 9.17) is 4.74 Å². The number of hydrogen-bond donors (Lipinski definition) is 2. The lowest BCUT2D eigenvalue weighted by Gasteiger charge is -2.20. The number of amides is 1. The molecule has 0 aliphatic rings. The fraction of sp³-hybridized carbons (Fsp3) is 0.333. The molecule has 2 unspecified atom stereocenters. The van der Waals surface area contributed by atoms with Crippen LogP contribution in [0.5, 0.6) is 0 Å². The number of ether oxygens (including phenoxy) is 1. The SMILES string of the molecule is CCOC(=O)CC(C)C(NC(=O)c1ccc2ccccc2n1)C(=O)O. The molecule has 132 valence electrons. The highest BCUT2D eigenvalue weighted by Gasteiger charge is 2.29. The van der Waals surface area contributed by atoms with Crippen LogP contribution in [0.25, 0.3) is 10.9 Å². The molecule has 1 aromatic heterocycles. The number of aromatic nitrogens is 1. The lowest BCUT2D eigenvalue weighted by atomic mass is 9.98. The second-order valence-corrected chi connectivity index (χ2v) is 5.66. The molecule has 0 fully saturated rings. The molecular formula is C18H20N2O5. The number of benzene rings is 1. The number of carboxylic acids is 1. The molecule has 1 heterocycles. The average Bonchev–Trinajstić information content (AvgIpc) is 2.58. The van der Waals surface area contributed by atoms with Gasteiger partial charge in [-0.05, 0) is 25.0 Å². The second-order valence-electron chi connectivity index (χ2n) is 5.66. The van der Waals surface area contributed by atoms with E-state index in [9.17, 15) is 19.5 Å². The van der Waals surface area contributed by atoms with Crippen LogP contribution in [0, 0.1) is 5.92 Å². The van der Waals surface area contributed by atoms with Gasteiger partial charge >= 0.3 is 11.9 Å². The number of fused-ring (bicyclic) bond motifs is 1. The molecule has 0 bridgehead atoms. The second kappa shape index (κ2) is 8.23. The summed E-state index contributed by atoms with van der Waals surface area (Å²) in [6.07, 6.45) is -0.101. The minimum absolute atomic E-state index is 0.101. The van der Waals surface area contributed by atoms with Crippen molar-refractivity contribution in [1.29, 1.82) is 0 Å². The van der Waals surface area contributed by atoms with Gasteiger partial charge in [0.05, 0.1) is 18.5 Å². The normalized spacial score (nSPS) is 13.0. The fourth-order valence-electron chi connectivity index (χ4n) is 2.46. The van der Waals surface area contributed by atoms with Gasteiger partial charge in [-0.2, -0.15) is 0 Å². The minimum Gasteiger partial charge on any atom is -0.480 e. The maximum Gasteiger partial charge on any atom is 0.326 e. The van der Waals surface area contributed by atoms with Crippen molar-refractivity contribution in [2.75, 3.05) is 6.61 Å². The third kappa shape index (κ3) is 4.76. The van der Waals surface area contributed by atoms with Crippen LogP contribution in [-0.2, 0) is 14.3 Å². The number of para-hydroxylation sites is 1. The topological polar surface area (TPSA) is 106 Å². The first-order valence-corrected chi connectivity index (χ1v) is 7.97. The summed E-state index contributed by atoms with van der Waals surface area (Å²) in [7, 11) is 0. The summed E-state index contributed by atoms with van der Waals surface area (Å²) in [5.41, 5.74) is 0.759. The minimum atomic E-state index is -1.22. The van der Waals surface area contributed by atoms with Gasteiger partial charge in [0.2, 0.25) is 0 Å². The van der Waals surface area contributed by atoms with Gasteiger partial charge in [-0.15, -0.1) is 0 Å². The van der Waals surface area contributed by atoms with Crippen LogP contribution in [0.4, 0.5) is 0 Å². The van der Waals surface area contributed by atoms with Crippen molar-refractivity contribution >= 4 is 28.7 Å². The zero-order chi connectivity index (χ0) is 18.4. The molecule has 1 amide bonds. The number of carbonyl (C=O) groups is 3. The largest absolute Gasteiger partial charge is 0.480 e. The standard InChI is InChI=1S/C18H20N2O5/c1-3-25-15(21)10-11(2)16(18(23)24)20-17(22)14-9-8-12-6-4-5-7-13(12)19-14/h4-9,11,16H,3,10H2,1-2H3,(H,20,22)(H,23,24). The van der Waals surface area contributed by atoms with Crippen LogP contribution < -0.4 is 5.32 Å². The zero-order valence-corrected chi connectivity index (χ0v) is 14.1. The Kier molecular flexibility index (Phi) is 6.05. The molecule has 2 rings (SSSR count). The Morgan fingerprint density at radius 1 is 1.20 bits per heavy atom. The van der Waals surface area contributed by atoms with E-state index in [0.29, 0.717) is 5.52 Å². The molecule has 0 aliphatic carbocycles. The average molecular weight is 344 g/mol. The van der Waals surface area contributed by atoms with Crippen LogP contribution >= 0.6 is 0 Å². The molecule has 7 heteroatoms. The Labute approximate surface area is 145 Å². The van der Waals surface area contributed by atoms with E-state index in [-0.39, 0.29) is 18.7 Å². The molecule has 25 heavy (non-hydrogen) atoms. The summed E-state index contributed by atoms with van der Waals surface area (Å²) in [6.45, 7) is 3.46. The van der Waals surface area contributed by atoms with E-state index in [1.54, 1.807) is 32.0 Å². The van der Waals surface area contributed by atoms with Gasteiger partial charge in [0.25, 0.3) is 5.91 Å². The maximum atomic E-state index is 12.4. The maximum absolute atomic E-state index is 12.4. The molecule has 1 aromatic carbocycles. The molecular weight excluding hydrogens is 324 g/mol. The lowest BCUT2D eigenvalue weighted by molar-refractivity contribution is -0.145. The first kappa shape index (κ1) is 18.4. The van der Waals surface area contributed by atoms with Gasteiger partial charge in [0.1, 0.15) is 11.7 Å². The number of hydrogen-bond acceptors (Lipinski definition) is 5.